The lowest BCUT2D eigenvalue weighted by atomic mass is 10.1. The smallest absolute Gasteiger partial charge is 0.407 e. The van der Waals surface area contributed by atoms with Crippen molar-refractivity contribution in [3.05, 3.63) is 35.4 Å². The van der Waals surface area contributed by atoms with Gasteiger partial charge in [-0.15, -0.1) is 0 Å². The Hall–Kier alpha value is -3.14. The van der Waals surface area contributed by atoms with Gasteiger partial charge in [-0.05, 0) is 53.7 Å². The molecule has 0 bridgehead atoms. The Morgan fingerprint density at radius 2 is 1.21 bits per heavy atom. The van der Waals surface area contributed by atoms with Gasteiger partial charge in [0.1, 0.15) is 13.2 Å². The highest BCUT2D eigenvalue weighted by Crippen LogP contribution is 2.22. The van der Waals surface area contributed by atoms with Crippen molar-refractivity contribution in [1.29, 1.82) is 0 Å². The molecule has 1 aromatic rings. The van der Waals surface area contributed by atoms with Crippen LogP contribution in [0.4, 0.5) is 9.59 Å². The molecule has 2 rings (SSSR count). The van der Waals surface area contributed by atoms with Gasteiger partial charge in [0.2, 0.25) is 0 Å². The number of hydrogen-bond acceptors (Lipinski definition) is 7. The number of imide groups is 1. The zero-order chi connectivity index (χ0) is 25.5. The van der Waals surface area contributed by atoms with Crippen LogP contribution in [-0.2, 0) is 9.47 Å². The molecule has 0 unspecified atom stereocenters. The third-order valence-corrected chi connectivity index (χ3v) is 4.75. The topological polar surface area (TPSA) is 117 Å². The van der Waals surface area contributed by atoms with E-state index in [4.69, 9.17) is 9.47 Å². The summed E-state index contributed by atoms with van der Waals surface area (Å²) < 4.78 is 10.5. The normalized spacial score (nSPS) is 13.7. The van der Waals surface area contributed by atoms with E-state index in [0.29, 0.717) is 30.8 Å². The fourth-order valence-corrected chi connectivity index (χ4v) is 3.24. The molecule has 34 heavy (non-hydrogen) atoms. The minimum Gasteiger partial charge on any atom is -0.448 e. The number of rotatable bonds is 9. The summed E-state index contributed by atoms with van der Waals surface area (Å²) in [4.78, 5) is 52.2. The molecule has 0 radical (unpaired) electrons. The number of benzene rings is 1. The van der Waals surface area contributed by atoms with E-state index in [1.54, 1.807) is 24.3 Å². The molecule has 0 atom stereocenters. The average Bonchev–Trinajstić information content (AvgIpc) is 2.93. The van der Waals surface area contributed by atoms with Crippen LogP contribution < -0.4 is 10.6 Å². The van der Waals surface area contributed by atoms with Gasteiger partial charge in [-0.3, -0.25) is 19.4 Å². The number of nitrogens with zero attached hydrogens (tertiary/aromatic N) is 2. The van der Waals surface area contributed by atoms with Crippen LogP contribution in [0, 0.1) is 0 Å². The summed E-state index contributed by atoms with van der Waals surface area (Å²) in [6.45, 7) is 12.5. The Labute approximate surface area is 200 Å². The standard InChI is InChI=1S/C24H36N4O6/c1-23(2,3)25-21(31)33-15-13-27(14-16-34-22(32)26-24(4,5)6)11-12-28-19(29)17-9-7-8-10-18(17)20(28)30/h7-10H,11-16H2,1-6H3,(H,25,31)(H,26,32). The molecular weight excluding hydrogens is 440 g/mol. The van der Waals surface area contributed by atoms with Crippen LogP contribution in [0.1, 0.15) is 62.3 Å². The Balaban J connectivity index is 1.92. The highest BCUT2D eigenvalue weighted by atomic mass is 16.6. The van der Waals surface area contributed by atoms with E-state index in [-0.39, 0.29) is 31.6 Å². The maximum Gasteiger partial charge on any atom is 0.407 e. The largest absolute Gasteiger partial charge is 0.448 e. The highest BCUT2D eigenvalue weighted by Gasteiger charge is 2.35. The Bertz CT molecular complexity index is 834. The fraction of sp³-hybridized carbons (Fsp3) is 0.583. The van der Waals surface area contributed by atoms with E-state index in [2.05, 4.69) is 10.6 Å². The van der Waals surface area contributed by atoms with Crippen molar-refractivity contribution < 1.29 is 28.7 Å². The van der Waals surface area contributed by atoms with E-state index in [1.807, 2.05) is 46.4 Å². The molecule has 4 amide bonds. The van der Waals surface area contributed by atoms with Gasteiger partial charge in [0.25, 0.3) is 11.8 Å². The number of amides is 4. The second-order valence-corrected chi connectivity index (χ2v) is 10.2. The first-order valence-corrected chi connectivity index (χ1v) is 11.3. The van der Waals surface area contributed by atoms with Crippen LogP contribution in [-0.4, -0.2) is 84.3 Å². The number of carbonyl (C=O) groups is 4. The number of nitrogens with one attached hydrogen (secondary N) is 2. The zero-order valence-electron chi connectivity index (χ0n) is 20.9. The number of alkyl carbamates (subject to hydrolysis) is 2. The quantitative estimate of drug-likeness (QED) is 0.526. The van der Waals surface area contributed by atoms with E-state index < -0.39 is 23.3 Å². The predicted molar refractivity (Wildman–Crippen MR) is 127 cm³/mol. The maximum atomic E-state index is 12.6. The summed E-state index contributed by atoms with van der Waals surface area (Å²) in [6, 6.07) is 6.72. The molecule has 1 aliphatic heterocycles. The summed E-state index contributed by atoms with van der Waals surface area (Å²) in [6.07, 6.45) is -1.07. The molecule has 1 aliphatic rings. The monoisotopic (exact) mass is 476 g/mol. The molecule has 10 nitrogen and oxygen atoms in total. The number of ether oxygens (including phenoxy) is 2. The molecular formula is C24H36N4O6. The van der Waals surface area contributed by atoms with Crippen molar-refractivity contribution in [3.8, 4) is 0 Å². The first-order chi connectivity index (χ1) is 15.8. The predicted octanol–water partition coefficient (Wildman–Crippen LogP) is 2.63. The van der Waals surface area contributed by atoms with Crippen molar-refractivity contribution in [2.45, 2.75) is 52.6 Å². The summed E-state index contributed by atoms with van der Waals surface area (Å²) >= 11 is 0. The van der Waals surface area contributed by atoms with Gasteiger partial charge in [0.05, 0.1) is 11.1 Å². The minimum atomic E-state index is -0.534. The Morgan fingerprint density at radius 3 is 1.59 bits per heavy atom. The van der Waals surface area contributed by atoms with Crippen molar-refractivity contribution in [1.82, 2.24) is 20.4 Å². The van der Waals surface area contributed by atoms with Crippen LogP contribution in [0.15, 0.2) is 24.3 Å². The van der Waals surface area contributed by atoms with Gasteiger partial charge < -0.3 is 20.1 Å². The van der Waals surface area contributed by atoms with Gasteiger partial charge in [-0.2, -0.15) is 0 Å². The van der Waals surface area contributed by atoms with Gasteiger partial charge >= 0.3 is 12.2 Å². The van der Waals surface area contributed by atoms with Crippen LogP contribution in [0.2, 0.25) is 0 Å². The summed E-state index contributed by atoms with van der Waals surface area (Å²) in [5.41, 5.74) is -0.0562. The summed E-state index contributed by atoms with van der Waals surface area (Å²) in [5, 5.41) is 5.43. The molecule has 10 heteroatoms. The van der Waals surface area contributed by atoms with Crippen molar-refractivity contribution in [3.63, 3.8) is 0 Å². The minimum absolute atomic E-state index is 0.0955. The van der Waals surface area contributed by atoms with Crippen molar-refractivity contribution in [2.75, 3.05) is 39.4 Å². The molecule has 2 N–H and O–H groups in total. The van der Waals surface area contributed by atoms with Gasteiger partial charge in [-0.1, -0.05) is 12.1 Å². The molecule has 0 saturated carbocycles. The lowest BCUT2D eigenvalue weighted by Crippen LogP contribution is -2.44. The Morgan fingerprint density at radius 1 is 0.794 bits per heavy atom. The SMILES string of the molecule is CC(C)(C)NC(=O)OCCN(CCOC(=O)NC(C)(C)C)CCN1C(=O)c2ccccc2C1=O. The third kappa shape index (κ3) is 8.66. The molecule has 0 saturated heterocycles. The van der Waals surface area contributed by atoms with E-state index in [0.717, 1.165) is 0 Å². The molecule has 0 spiro atoms. The van der Waals surface area contributed by atoms with Crippen LogP contribution in [0.3, 0.4) is 0 Å². The summed E-state index contributed by atoms with van der Waals surface area (Å²) in [5.74, 6) is -0.663. The summed E-state index contributed by atoms with van der Waals surface area (Å²) in [7, 11) is 0. The maximum absolute atomic E-state index is 12.6. The lowest BCUT2D eigenvalue weighted by Gasteiger charge is -2.25. The van der Waals surface area contributed by atoms with Crippen LogP contribution in [0.5, 0.6) is 0 Å². The first-order valence-electron chi connectivity index (χ1n) is 11.3. The van der Waals surface area contributed by atoms with Crippen molar-refractivity contribution >= 4 is 24.0 Å². The van der Waals surface area contributed by atoms with E-state index in [1.165, 1.54) is 4.90 Å². The fourth-order valence-electron chi connectivity index (χ4n) is 3.24. The van der Waals surface area contributed by atoms with E-state index >= 15 is 0 Å². The van der Waals surface area contributed by atoms with Crippen LogP contribution >= 0.6 is 0 Å². The van der Waals surface area contributed by atoms with E-state index in [9.17, 15) is 19.2 Å². The second kappa shape index (κ2) is 11.3. The second-order valence-electron chi connectivity index (χ2n) is 10.2. The molecule has 1 aromatic carbocycles. The van der Waals surface area contributed by atoms with Crippen molar-refractivity contribution in [2.24, 2.45) is 0 Å². The first kappa shape index (κ1) is 27.1. The average molecular weight is 477 g/mol. The molecule has 188 valence electrons. The van der Waals surface area contributed by atoms with Gasteiger partial charge in [0.15, 0.2) is 0 Å². The molecule has 0 aromatic heterocycles. The molecule has 1 heterocycles. The lowest BCUT2D eigenvalue weighted by molar-refractivity contribution is 0.0620. The van der Waals surface area contributed by atoms with Gasteiger partial charge in [0, 0.05) is 37.3 Å². The van der Waals surface area contributed by atoms with Gasteiger partial charge in [-0.25, -0.2) is 9.59 Å². The zero-order valence-corrected chi connectivity index (χ0v) is 20.9. The molecule has 0 fully saturated rings. The number of fused-ring (bicyclic) bond motifs is 1. The molecule has 0 aliphatic carbocycles. The number of carbonyl (C=O) groups excluding carboxylic acids is 4. The third-order valence-electron chi connectivity index (χ3n) is 4.75. The highest BCUT2D eigenvalue weighted by molar-refractivity contribution is 6.21. The number of hydrogen-bond donors (Lipinski definition) is 2. The van der Waals surface area contributed by atoms with Crippen LogP contribution in [0.25, 0.3) is 0 Å². The Kier molecular flexibility index (Phi) is 9.03.